The molecule has 1 unspecified atom stereocenters. The van der Waals surface area contributed by atoms with Crippen LogP contribution in [-0.2, 0) is 16.6 Å². The Hall–Kier alpha value is -1.30. The summed E-state index contributed by atoms with van der Waals surface area (Å²) >= 11 is 0. The van der Waals surface area contributed by atoms with E-state index in [1.54, 1.807) is 7.11 Å². The summed E-state index contributed by atoms with van der Waals surface area (Å²) in [7, 11) is 5.92. The van der Waals surface area contributed by atoms with Crippen molar-refractivity contribution in [1.82, 2.24) is 4.90 Å². The maximum absolute atomic E-state index is 11.4. The summed E-state index contributed by atoms with van der Waals surface area (Å²) in [6.45, 7) is 3.25. The first kappa shape index (κ1) is 20.3. The van der Waals surface area contributed by atoms with Crippen LogP contribution in [0.4, 0.5) is 0 Å². The molecular weight excluding hydrogens is 390 g/mol. The van der Waals surface area contributed by atoms with Gasteiger partial charge >= 0.3 is 0 Å². The molecule has 2 heterocycles. The first-order chi connectivity index (χ1) is 15.0. The molecule has 0 radical (unpaired) electrons. The number of fused-ring (bicyclic) bond motifs is 2. The van der Waals surface area contributed by atoms with Gasteiger partial charge in [0.15, 0.2) is 11.5 Å². The van der Waals surface area contributed by atoms with Crippen molar-refractivity contribution in [3.63, 3.8) is 0 Å². The van der Waals surface area contributed by atoms with E-state index >= 15 is 0 Å². The highest BCUT2D eigenvalue weighted by Gasteiger charge is 2.80. The van der Waals surface area contributed by atoms with Gasteiger partial charge in [-0.1, -0.05) is 19.4 Å². The van der Waals surface area contributed by atoms with E-state index in [0.717, 1.165) is 63.0 Å². The van der Waals surface area contributed by atoms with Crippen molar-refractivity contribution in [3.8, 4) is 11.5 Å². The number of hydrogen-bond donors (Lipinski definition) is 1. The van der Waals surface area contributed by atoms with E-state index in [1.165, 1.54) is 17.5 Å². The highest BCUT2D eigenvalue weighted by Crippen LogP contribution is 2.76. The number of aliphatic hydroxyl groups is 1. The molecule has 1 aromatic carbocycles. The summed E-state index contributed by atoms with van der Waals surface area (Å²) in [5.41, 5.74) is 2.50. The number of methoxy groups -OCH3 is 2. The number of benzene rings is 1. The lowest BCUT2D eigenvalue weighted by atomic mass is 9.36. The molecule has 2 spiro atoms. The van der Waals surface area contributed by atoms with E-state index in [1.807, 2.05) is 7.11 Å². The predicted molar refractivity (Wildman–Crippen MR) is 119 cm³/mol. The summed E-state index contributed by atoms with van der Waals surface area (Å²) in [5.74, 6) is 1.93. The van der Waals surface area contributed by atoms with Gasteiger partial charge in [0.25, 0.3) is 0 Å². The van der Waals surface area contributed by atoms with Crippen LogP contribution in [0, 0.1) is 11.3 Å². The van der Waals surface area contributed by atoms with E-state index in [0.29, 0.717) is 6.04 Å². The van der Waals surface area contributed by atoms with Gasteiger partial charge in [-0.05, 0) is 70.2 Å². The lowest BCUT2D eigenvalue weighted by molar-refractivity contribution is -0.286. The summed E-state index contributed by atoms with van der Waals surface area (Å²) in [4.78, 5) is 2.62. The monoisotopic (exact) mass is 427 g/mol. The normalized spacial score (nSPS) is 43.2. The van der Waals surface area contributed by atoms with Gasteiger partial charge in [-0.2, -0.15) is 0 Å². The number of piperidine rings is 1. The number of likely N-dealkylation sites (tertiary alicyclic amines) is 1. The van der Waals surface area contributed by atoms with Crippen LogP contribution in [0.15, 0.2) is 12.1 Å². The average Bonchev–Trinajstić information content (AvgIpc) is 3.12. The Morgan fingerprint density at radius 3 is 2.84 bits per heavy atom. The fraction of sp³-hybridized carbons (Fsp3) is 0.769. The predicted octanol–water partition coefficient (Wildman–Crippen LogP) is 3.69. The van der Waals surface area contributed by atoms with Crippen molar-refractivity contribution in [2.75, 3.05) is 27.8 Å². The van der Waals surface area contributed by atoms with Crippen LogP contribution >= 0.6 is 0 Å². The molecule has 170 valence electrons. The summed E-state index contributed by atoms with van der Waals surface area (Å²) in [6.07, 6.45) is 7.94. The largest absolute Gasteiger partial charge is 0.493 e. The van der Waals surface area contributed by atoms with Crippen LogP contribution < -0.4 is 9.47 Å². The van der Waals surface area contributed by atoms with Gasteiger partial charge in [-0.3, -0.25) is 0 Å². The molecule has 3 saturated carbocycles. The smallest absolute Gasteiger partial charge is 0.165 e. The van der Waals surface area contributed by atoms with Gasteiger partial charge in [0.1, 0.15) is 11.7 Å². The molecule has 0 aromatic heterocycles. The summed E-state index contributed by atoms with van der Waals surface area (Å²) in [6, 6.07) is 4.90. The van der Waals surface area contributed by atoms with Crippen molar-refractivity contribution < 1.29 is 19.3 Å². The lowest BCUT2D eigenvalue weighted by Gasteiger charge is -2.72. The summed E-state index contributed by atoms with van der Waals surface area (Å²) in [5, 5.41) is 11.4. The number of aliphatic hydroxyl groups excluding tert-OH is 1. The third-order valence-electron chi connectivity index (χ3n) is 10.2. The second-order valence-electron chi connectivity index (χ2n) is 10.9. The van der Waals surface area contributed by atoms with Crippen LogP contribution in [-0.4, -0.2) is 61.7 Å². The molecule has 5 nitrogen and oxygen atoms in total. The molecule has 4 aliphatic carbocycles. The topological polar surface area (TPSA) is 51.2 Å². The van der Waals surface area contributed by atoms with Gasteiger partial charge in [0, 0.05) is 35.5 Å². The van der Waals surface area contributed by atoms with Gasteiger partial charge in [-0.25, -0.2) is 0 Å². The average molecular weight is 428 g/mol. The zero-order chi connectivity index (χ0) is 21.6. The lowest BCUT2D eigenvalue weighted by Crippen LogP contribution is -2.80. The third-order valence-corrected chi connectivity index (χ3v) is 10.2. The molecule has 7 rings (SSSR count). The Bertz CT molecular complexity index is 904. The Kier molecular flexibility index (Phi) is 4.34. The molecule has 0 amide bonds. The second-order valence-corrected chi connectivity index (χ2v) is 10.9. The van der Waals surface area contributed by atoms with E-state index in [-0.39, 0.29) is 29.0 Å². The van der Waals surface area contributed by atoms with Crippen LogP contribution in [0.25, 0.3) is 0 Å². The van der Waals surface area contributed by atoms with Gasteiger partial charge in [-0.15, -0.1) is 0 Å². The first-order valence-electron chi connectivity index (χ1n) is 12.3. The number of aryl methyl sites for hydroxylation is 1. The SMILES string of the molecule is CCCC(O)[C@H]1C[C@@]23CC[C@]1(OC)[C@@H]1Oc4c(OC)ccc5c4[C@@]12CCN(C)[C@@H]3CC5. The fourth-order valence-electron chi connectivity index (χ4n) is 9.10. The summed E-state index contributed by atoms with van der Waals surface area (Å²) < 4.78 is 19.3. The number of ether oxygens (including phenoxy) is 3. The van der Waals surface area contributed by atoms with Crippen molar-refractivity contribution in [2.24, 2.45) is 11.3 Å². The van der Waals surface area contributed by atoms with Crippen LogP contribution in [0.1, 0.15) is 63.0 Å². The van der Waals surface area contributed by atoms with E-state index in [4.69, 9.17) is 14.2 Å². The van der Waals surface area contributed by atoms with Crippen molar-refractivity contribution in [1.29, 1.82) is 0 Å². The van der Waals surface area contributed by atoms with E-state index in [9.17, 15) is 5.11 Å². The molecule has 4 bridgehead atoms. The fourth-order valence-corrected chi connectivity index (χ4v) is 9.10. The minimum absolute atomic E-state index is 0.0451. The maximum Gasteiger partial charge on any atom is 0.165 e. The Morgan fingerprint density at radius 2 is 2.10 bits per heavy atom. The van der Waals surface area contributed by atoms with Gasteiger partial charge in [0.05, 0.1) is 13.2 Å². The molecule has 4 fully saturated rings. The first-order valence-corrected chi connectivity index (χ1v) is 12.3. The second kappa shape index (κ2) is 6.61. The molecular formula is C26H37NO4. The quantitative estimate of drug-likeness (QED) is 0.777. The van der Waals surface area contributed by atoms with Crippen LogP contribution in [0.3, 0.4) is 0 Å². The zero-order valence-corrected chi connectivity index (χ0v) is 19.4. The minimum atomic E-state index is -0.442. The molecule has 7 atom stereocenters. The molecule has 5 heteroatoms. The minimum Gasteiger partial charge on any atom is -0.493 e. The maximum atomic E-state index is 11.4. The van der Waals surface area contributed by atoms with Gasteiger partial charge < -0.3 is 24.2 Å². The molecule has 31 heavy (non-hydrogen) atoms. The number of rotatable bonds is 5. The molecule has 2 aliphatic heterocycles. The Balaban J connectivity index is 1.64. The Labute approximate surface area is 186 Å². The molecule has 1 saturated heterocycles. The van der Waals surface area contributed by atoms with Crippen molar-refractivity contribution in [3.05, 3.63) is 23.3 Å². The van der Waals surface area contributed by atoms with E-state index < -0.39 is 5.60 Å². The molecule has 1 N–H and O–H groups in total. The van der Waals surface area contributed by atoms with Crippen LogP contribution in [0.5, 0.6) is 11.5 Å². The van der Waals surface area contributed by atoms with Crippen molar-refractivity contribution in [2.45, 2.75) is 87.6 Å². The number of hydrogen-bond acceptors (Lipinski definition) is 5. The zero-order valence-electron chi connectivity index (χ0n) is 19.4. The standard InChI is InChI=1S/C26H37NO4/c1-5-6-18(28)17-15-24-11-12-26(17,30-4)23-25(24)13-14-27(2)20(24)10-8-16-7-9-19(29-3)22(31-23)21(16)25/h7,9,17-18,20,23,28H,5-6,8,10-15H2,1-4H3/t17-,18?,20-,23-,24-,25+,26-/m1/s1. The molecule has 6 aliphatic rings. The van der Waals surface area contributed by atoms with Gasteiger partial charge in [0.2, 0.25) is 0 Å². The van der Waals surface area contributed by atoms with Crippen LogP contribution in [0.2, 0.25) is 0 Å². The highest BCUT2D eigenvalue weighted by atomic mass is 16.6. The Morgan fingerprint density at radius 1 is 1.26 bits per heavy atom. The highest BCUT2D eigenvalue weighted by molar-refractivity contribution is 5.62. The number of nitrogens with zero attached hydrogens (tertiary/aromatic N) is 1. The van der Waals surface area contributed by atoms with Crippen molar-refractivity contribution >= 4 is 0 Å². The molecule has 1 aromatic rings. The third kappa shape index (κ3) is 2.14. The van der Waals surface area contributed by atoms with E-state index in [2.05, 4.69) is 31.0 Å².